The summed E-state index contributed by atoms with van der Waals surface area (Å²) in [5.74, 6) is 0.549. The van der Waals surface area contributed by atoms with Crippen molar-refractivity contribution >= 4 is 55.2 Å². The van der Waals surface area contributed by atoms with Gasteiger partial charge in [-0.25, -0.2) is 9.97 Å². The zero-order valence-corrected chi connectivity index (χ0v) is 29.9. The molecule has 0 fully saturated rings. The van der Waals surface area contributed by atoms with E-state index in [1.54, 1.807) is 12.3 Å². The number of benzene rings is 1. The maximum atomic E-state index is 12.9. The minimum Gasteiger partial charge on any atom is -0.396 e. The molecule has 49 heavy (non-hydrogen) atoms. The molecule has 0 spiro atoms. The van der Waals surface area contributed by atoms with Gasteiger partial charge < -0.3 is 10.8 Å². The summed E-state index contributed by atoms with van der Waals surface area (Å²) in [4.78, 5) is 22.5. The number of fused-ring (bicyclic) bond motifs is 1. The molecule has 0 aliphatic rings. The van der Waals surface area contributed by atoms with E-state index < -0.39 is 10.8 Å². The molecule has 4 aromatic rings. The van der Waals surface area contributed by atoms with Crippen molar-refractivity contribution in [1.29, 1.82) is 0 Å². The van der Waals surface area contributed by atoms with Crippen molar-refractivity contribution in [3.8, 4) is 21.8 Å². The lowest BCUT2D eigenvalue weighted by Crippen LogP contribution is -2.01. The molecule has 4 rings (SSSR count). The highest BCUT2D eigenvalue weighted by atomic mass is 32.2. The van der Waals surface area contributed by atoms with Crippen molar-refractivity contribution in [2.24, 2.45) is 0 Å². The second-order valence-corrected chi connectivity index (χ2v) is 12.9. The van der Waals surface area contributed by atoms with Gasteiger partial charge in [-0.15, -0.1) is 28.4 Å². The number of Topliss-reactive ketones (excluding diaryl/α,β-unsaturated/α-hetero) is 1. The van der Waals surface area contributed by atoms with Crippen LogP contribution in [0, 0.1) is 0 Å². The normalized spacial score (nSPS) is 9.35. The summed E-state index contributed by atoms with van der Waals surface area (Å²) in [6, 6.07) is 9.37. The van der Waals surface area contributed by atoms with Gasteiger partial charge >= 0.3 is 0 Å². The number of ketones is 1. The summed E-state index contributed by atoms with van der Waals surface area (Å²) < 4.78 is 13.6. The first-order chi connectivity index (χ1) is 23.8. The largest absolute Gasteiger partial charge is 0.396 e. The topological polar surface area (TPSA) is 106 Å². The van der Waals surface area contributed by atoms with Crippen LogP contribution in [0.5, 0.6) is 0 Å². The summed E-state index contributed by atoms with van der Waals surface area (Å²) in [7, 11) is -1.19. The molecule has 1 atom stereocenters. The third-order valence-corrected chi connectivity index (χ3v) is 9.60. The van der Waals surface area contributed by atoms with Gasteiger partial charge in [0.15, 0.2) is 5.78 Å². The van der Waals surface area contributed by atoms with Crippen molar-refractivity contribution in [2.45, 2.75) is 36.8 Å². The minimum atomic E-state index is -1.19. The molecule has 6 nitrogen and oxygen atoms in total. The molecule has 1 aromatic carbocycles. The molecule has 0 radical (unpaired) electrons. The van der Waals surface area contributed by atoms with Crippen LogP contribution in [0.2, 0.25) is 0 Å². The first kappa shape index (κ1) is 41.6. The highest BCUT2D eigenvalue weighted by Gasteiger charge is 2.21. The fourth-order valence-electron chi connectivity index (χ4n) is 3.78. The van der Waals surface area contributed by atoms with E-state index in [-0.39, 0.29) is 18.8 Å². The number of nitrogen functional groups attached to an aromatic ring is 1. The van der Waals surface area contributed by atoms with E-state index in [1.165, 1.54) is 22.7 Å². The average molecular weight is 704 g/mol. The Hall–Kier alpha value is -5.44. The minimum absolute atomic E-state index is 0.0169. The van der Waals surface area contributed by atoms with Crippen molar-refractivity contribution in [2.75, 3.05) is 18.1 Å². The second-order valence-electron chi connectivity index (χ2n) is 9.19. The van der Waals surface area contributed by atoms with Gasteiger partial charge in [-0.1, -0.05) is 67.6 Å². The van der Waals surface area contributed by atoms with E-state index in [2.05, 4.69) is 109 Å². The van der Waals surface area contributed by atoms with Gasteiger partial charge in [0.1, 0.15) is 19.7 Å². The smallest absolute Gasteiger partial charge is 0.162 e. The quantitative estimate of drug-likeness (QED) is 0.126. The zero-order chi connectivity index (χ0) is 36.4. The first-order valence-corrected chi connectivity index (χ1v) is 17.7. The van der Waals surface area contributed by atoms with E-state index in [1.807, 2.05) is 29.6 Å². The Balaban J connectivity index is 0.000000625. The maximum absolute atomic E-state index is 12.9. The molecular formula is C40H37N3O3S3. The number of pyridine rings is 1. The molecule has 3 heterocycles. The lowest BCUT2D eigenvalue weighted by atomic mass is 9.97. The number of carbonyl (C=O) groups excluding carboxylic acids is 1. The number of anilines is 1. The number of nitrogens with zero attached hydrogens (tertiary/aromatic N) is 2. The molecule has 0 amide bonds. The van der Waals surface area contributed by atoms with Crippen LogP contribution in [-0.2, 0) is 10.8 Å². The fourth-order valence-corrected chi connectivity index (χ4v) is 7.17. The van der Waals surface area contributed by atoms with E-state index >= 15 is 0 Å². The Morgan fingerprint density at radius 2 is 1.59 bits per heavy atom. The van der Waals surface area contributed by atoms with Crippen LogP contribution in [0.4, 0.5) is 5.69 Å². The van der Waals surface area contributed by atoms with E-state index in [9.17, 15) is 9.00 Å². The monoisotopic (exact) mass is 703 g/mol. The number of hydrogen-bond donors (Lipinski definition) is 2. The molecule has 0 saturated heterocycles. The van der Waals surface area contributed by atoms with E-state index in [0.717, 1.165) is 40.1 Å². The second kappa shape index (κ2) is 24.7. The number of hydrogen-bond acceptors (Lipinski definition) is 8. The fraction of sp³-hybridized carbons (Fsp3) is 0.175. The van der Waals surface area contributed by atoms with Crippen molar-refractivity contribution < 1.29 is 14.1 Å². The summed E-state index contributed by atoms with van der Waals surface area (Å²) in [5.41, 5.74) is 33.8. The number of aliphatic hydroxyl groups excluding tert-OH is 1. The summed E-state index contributed by atoms with van der Waals surface area (Å²) in [6.45, 7) is 21.3. The number of thiazole rings is 1. The van der Waals surface area contributed by atoms with Crippen LogP contribution >= 0.6 is 22.7 Å². The van der Waals surface area contributed by atoms with Gasteiger partial charge in [0, 0.05) is 41.3 Å². The summed E-state index contributed by atoms with van der Waals surface area (Å²) in [5, 5.41) is 12.5. The number of unbranched alkanes of at least 4 members (excludes halogenated alkanes) is 1. The molecule has 0 aliphatic carbocycles. The van der Waals surface area contributed by atoms with Crippen molar-refractivity contribution in [1.82, 2.24) is 9.97 Å². The number of rotatable bonds is 10. The highest BCUT2D eigenvalue weighted by Crippen LogP contribution is 2.43. The van der Waals surface area contributed by atoms with Gasteiger partial charge in [0.25, 0.3) is 0 Å². The summed E-state index contributed by atoms with van der Waals surface area (Å²) in [6.07, 6.45) is 4.28. The van der Waals surface area contributed by atoms with Gasteiger partial charge in [0.2, 0.25) is 0 Å². The maximum Gasteiger partial charge on any atom is 0.162 e. The van der Waals surface area contributed by atoms with E-state index in [0.29, 0.717) is 32.5 Å². The molecule has 1 unspecified atom stereocenters. The Labute approximate surface area is 298 Å². The zero-order valence-electron chi connectivity index (χ0n) is 27.5. The molecule has 9 heteroatoms. The Morgan fingerprint density at radius 3 is 2.14 bits per heavy atom. The predicted octanol–water partition coefficient (Wildman–Crippen LogP) is 9.49. The van der Waals surface area contributed by atoms with Crippen molar-refractivity contribution in [3.63, 3.8) is 0 Å². The standard InChI is InChI=1S/C24H25N3O3S3.C7H4.C6H4.C3H4/c1-2-3-12-33(30)24-21(25)20-17(14-18(27-23(20)32-24)22-26-9-11-31-22)15-6-4-7-16(13-15)19(29)8-5-10-28;1-3-5-7-6-4-2;1-3-5-6-4-2;1-3-2/h4,6-7,9,11,13-14,28H,2-3,5,8,10,12,25H2,1H3;1-2H2;1-2H2;1-2H2. The lowest BCUT2D eigenvalue weighted by molar-refractivity contribution is 0.0971. The Bertz CT molecular complexity index is 2070. The van der Waals surface area contributed by atoms with Gasteiger partial charge in [-0.2, -0.15) is 0 Å². The summed E-state index contributed by atoms with van der Waals surface area (Å²) >= 11 is 2.87. The molecule has 3 N–H and O–H groups in total. The Morgan fingerprint density at radius 1 is 0.959 bits per heavy atom. The lowest BCUT2D eigenvalue weighted by Gasteiger charge is -2.09. The van der Waals surface area contributed by atoms with E-state index in [4.69, 9.17) is 15.8 Å². The Kier molecular flexibility index (Phi) is 21.0. The predicted molar refractivity (Wildman–Crippen MR) is 206 cm³/mol. The third-order valence-electron chi connectivity index (χ3n) is 5.80. The van der Waals surface area contributed by atoms with Gasteiger partial charge in [0.05, 0.1) is 16.5 Å². The highest BCUT2D eigenvalue weighted by molar-refractivity contribution is 7.87. The molecular weight excluding hydrogens is 667 g/mol. The van der Waals surface area contributed by atoms with Crippen LogP contribution in [0.25, 0.3) is 32.0 Å². The molecule has 3 aromatic heterocycles. The number of nitrogens with two attached hydrogens (primary N) is 1. The third kappa shape index (κ3) is 14.1. The molecule has 0 aliphatic heterocycles. The number of thiophene rings is 1. The first-order valence-electron chi connectivity index (χ1n) is 14.7. The van der Waals surface area contributed by atoms with Crippen LogP contribution in [-0.4, -0.2) is 37.4 Å². The van der Waals surface area contributed by atoms with Crippen LogP contribution in [0.15, 0.2) is 143 Å². The average Bonchev–Trinajstić information content (AvgIpc) is 3.78. The number of carbonyl (C=O) groups is 1. The molecule has 0 bridgehead atoms. The van der Waals surface area contributed by atoms with Gasteiger partial charge in [-0.3, -0.25) is 9.00 Å². The molecule has 0 saturated carbocycles. The van der Waals surface area contributed by atoms with Crippen LogP contribution in [0.1, 0.15) is 43.0 Å². The van der Waals surface area contributed by atoms with Crippen LogP contribution < -0.4 is 5.73 Å². The van der Waals surface area contributed by atoms with Gasteiger partial charge in [-0.05, 0) is 91.1 Å². The molecule has 248 valence electrons. The SMILES string of the molecule is C=C=C.C=C=C=C=C=C.C=C=C=C=C=C=C.CCCCS(=O)c1sc2nc(-c3nccs3)cc(-c3cccc(C(=O)CCCO)c3)c2c1N. The number of aliphatic hydroxyl groups is 1. The van der Waals surface area contributed by atoms with Crippen LogP contribution in [0.3, 0.4) is 0 Å². The number of aromatic nitrogens is 2. The van der Waals surface area contributed by atoms with Crippen molar-refractivity contribution in [3.05, 3.63) is 144 Å².